The van der Waals surface area contributed by atoms with Crippen LogP contribution in [-0.4, -0.2) is 4.98 Å². The van der Waals surface area contributed by atoms with Gasteiger partial charge >= 0.3 is 0 Å². The number of hydrogen-bond acceptors (Lipinski definition) is 1. The van der Waals surface area contributed by atoms with E-state index in [0.29, 0.717) is 5.15 Å². The van der Waals surface area contributed by atoms with Gasteiger partial charge in [0.1, 0.15) is 5.15 Å². The number of aromatic nitrogens is 1. The number of aryl methyl sites for hydroxylation is 1. The third-order valence-electron chi connectivity index (χ3n) is 2.44. The topological polar surface area (TPSA) is 12.9 Å². The third-order valence-corrected chi connectivity index (χ3v) is 2.66. The van der Waals surface area contributed by atoms with Crippen molar-refractivity contribution in [2.24, 2.45) is 0 Å². The predicted molar refractivity (Wildman–Crippen MR) is 71.0 cm³/mol. The van der Waals surface area contributed by atoms with Crippen molar-refractivity contribution in [2.75, 3.05) is 0 Å². The molecule has 0 amide bonds. The average Bonchev–Trinajstić information content (AvgIpc) is 2.39. The molecule has 0 aliphatic heterocycles. The van der Waals surface area contributed by atoms with Crippen molar-refractivity contribution in [3.8, 4) is 11.8 Å². The van der Waals surface area contributed by atoms with E-state index in [2.05, 4.69) is 35.9 Å². The highest BCUT2D eigenvalue weighted by molar-refractivity contribution is 6.29. The Labute approximate surface area is 106 Å². The summed E-state index contributed by atoms with van der Waals surface area (Å²) in [6.07, 6.45) is 2.73. The van der Waals surface area contributed by atoms with Gasteiger partial charge in [-0.3, -0.25) is 0 Å². The second-order valence-electron chi connectivity index (χ2n) is 3.67. The van der Waals surface area contributed by atoms with Crippen LogP contribution >= 0.6 is 11.6 Å². The molecule has 0 spiro atoms. The lowest BCUT2D eigenvalue weighted by Gasteiger charge is -1.95. The summed E-state index contributed by atoms with van der Waals surface area (Å²) < 4.78 is 0. The molecule has 0 aliphatic rings. The van der Waals surface area contributed by atoms with Crippen LogP contribution in [0.25, 0.3) is 0 Å². The minimum Gasteiger partial charge on any atom is -0.243 e. The largest absolute Gasteiger partial charge is 0.243 e. The van der Waals surface area contributed by atoms with E-state index in [-0.39, 0.29) is 0 Å². The molecule has 1 aromatic heterocycles. The van der Waals surface area contributed by atoms with E-state index >= 15 is 0 Å². The van der Waals surface area contributed by atoms with Gasteiger partial charge in [0.05, 0.1) is 0 Å². The summed E-state index contributed by atoms with van der Waals surface area (Å²) >= 11 is 5.70. The van der Waals surface area contributed by atoms with Crippen LogP contribution < -0.4 is 0 Å². The van der Waals surface area contributed by atoms with E-state index in [4.69, 9.17) is 11.6 Å². The first-order valence-electron chi connectivity index (χ1n) is 5.50. The predicted octanol–water partition coefficient (Wildman–Crippen LogP) is 3.70. The zero-order chi connectivity index (χ0) is 12.1. The molecule has 1 heterocycles. The molecule has 0 radical (unpaired) electrons. The van der Waals surface area contributed by atoms with Gasteiger partial charge < -0.3 is 0 Å². The molecule has 0 unspecified atom stereocenters. The molecule has 17 heavy (non-hydrogen) atoms. The van der Waals surface area contributed by atoms with Crippen molar-refractivity contribution in [1.82, 2.24) is 4.98 Å². The standard InChI is InChI=1S/C15H12ClN/c1-2-12-3-5-13(6-4-12)7-8-14-9-10-15(16)17-11-14/h3-6,9-11H,2H2,1H3. The zero-order valence-electron chi connectivity index (χ0n) is 9.57. The molecular weight excluding hydrogens is 230 g/mol. The molecule has 0 atom stereocenters. The second-order valence-corrected chi connectivity index (χ2v) is 4.06. The fraction of sp³-hybridized carbons (Fsp3) is 0.133. The Morgan fingerprint density at radius 1 is 1.00 bits per heavy atom. The molecule has 2 heteroatoms. The number of pyridine rings is 1. The van der Waals surface area contributed by atoms with Crippen molar-refractivity contribution < 1.29 is 0 Å². The number of nitrogens with zero attached hydrogens (tertiary/aromatic N) is 1. The van der Waals surface area contributed by atoms with Gasteiger partial charge in [-0.05, 0) is 36.2 Å². The normalized spacial score (nSPS) is 9.53. The first-order chi connectivity index (χ1) is 8.28. The average molecular weight is 242 g/mol. The lowest BCUT2D eigenvalue weighted by molar-refractivity contribution is 1.14. The zero-order valence-corrected chi connectivity index (χ0v) is 10.3. The van der Waals surface area contributed by atoms with Crippen LogP contribution in [0.3, 0.4) is 0 Å². The number of hydrogen-bond donors (Lipinski definition) is 0. The van der Waals surface area contributed by atoms with Crippen LogP contribution in [0.1, 0.15) is 23.6 Å². The van der Waals surface area contributed by atoms with Crippen molar-refractivity contribution in [3.63, 3.8) is 0 Å². The monoisotopic (exact) mass is 241 g/mol. The van der Waals surface area contributed by atoms with Gasteiger partial charge in [-0.15, -0.1) is 0 Å². The molecule has 2 rings (SSSR count). The molecule has 0 saturated heterocycles. The van der Waals surface area contributed by atoms with Crippen LogP contribution in [0.15, 0.2) is 42.6 Å². The number of benzene rings is 1. The lowest BCUT2D eigenvalue weighted by atomic mass is 10.1. The van der Waals surface area contributed by atoms with Crippen LogP contribution in [0.2, 0.25) is 5.15 Å². The minimum absolute atomic E-state index is 0.489. The van der Waals surface area contributed by atoms with Crippen molar-refractivity contribution >= 4 is 11.6 Å². The molecule has 0 N–H and O–H groups in total. The van der Waals surface area contributed by atoms with Crippen LogP contribution in [0.5, 0.6) is 0 Å². The Hall–Kier alpha value is -1.78. The van der Waals surface area contributed by atoms with E-state index in [1.165, 1.54) is 5.56 Å². The molecule has 0 fully saturated rings. The van der Waals surface area contributed by atoms with Gasteiger partial charge in [-0.2, -0.15) is 0 Å². The maximum atomic E-state index is 5.70. The SMILES string of the molecule is CCc1ccc(C#Cc2ccc(Cl)nc2)cc1. The third kappa shape index (κ3) is 3.34. The smallest absolute Gasteiger partial charge is 0.129 e. The first-order valence-corrected chi connectivity index (χ1v) is 5.88. The van der Waals surface area contributed by atoms with Gasteiger partial charge in [0, 0.05) is 17.3 Å². The summed E-state index contributed by atoms with van der Waals surface area (Å²) in [5.74, 6) is 6.15. The first kappa shape index (κ1) is 11.7. The van der Waals surface area contributed by atoms with E-state index < -0.39 is 0 Å². The van der Waals surface area contributed by atoms with Crippen molar-refractivity contribution in [3.05, 3.63) is 64.4 Å². The maximum Gasteiger partial charge on any atom is 0.129 e. The summed E-state index contributed by atoms with van der Waals surface area (Å²) in [5.41, 5.74) is 3.20. The van der Waals surface area contributed by atoms with E-state index in [1.807, 2.05) is 18.2 Å². The van der Waals surface area contributed by atoms with Gasteiger partial charge in [0.15, 0.2) is 0 Å². The van der Waals surface area contributed by atoms with Gasteiger partial charge in [-0.25, -0.2) is 4.98 Å². The van der Waals surface area contributed by atoms with Crippen LogP contribution in [0, 0.1) is 11.8 Å². The maximum absolute atomic E-state index is 5.70. The lowest BCUT2D eigenvalue weighted by Crippen LogP contribution is -1.81. The highest BCUT2D eigenvalue weighted by atomic mass is 35.5. The Bertz CT molecular complexity index is 544. The Morgan fingerprint density at radius 3 is 2.24 bits per heavy atom. The molecule has 0 saturated carbocycles. The number of rotatable bonds is 1. The van der Waals surface area contributed by atoms with Gasteiger partial charge in [-0.1, -0.05) is 42.5 Å². The van der Waals surface area contributed by atoms with E-state index in [1.54, 1.807) is 12.3 Å². The van der Waals surface area contributed by atoms with E-state index in [9.17, 15) is 0 Å². The molecule has 2 aromatic rings. The van der Waals surface area contributed by atoms with Crippen LogP contribution in [-0.2, 0) is 6.42 Å². The summed E-state index contributed by atoms with van der Waals surface area (Å²) in [4.78, 5) is 3.98. The van der Waals surface area contributed by atoms with Crippen molar-refractivity contribution in [2.45, 2.75) is 13.3 Å². The fourth-order valence-electron chi connectivity index (χ4n) is 1.42. The minimum atomic E-state index is 0.489. The molecule has 1 nitrogen and oxygen atoms in total. The molecular formula is C15H12ClN. The van der Waals surface area contributed by atoms with Crippen molar-refractivity contribution in [1.29, 1.82) is 0 Å². The Balaban J connectivity index is 2.17. The van der Waals surface area contributed by atoms with E-state index in [0.717, 1.165) is 17.5 Å². The number of halogens is 1. The Kier molecular flexibility index (Phi) is 3.80. The summed E-state index contributed by atoms with van der Waals surface area (Å²) in [5, 5.41) is 0.489. The molecule has 0 bridgehead atoms. The summed E-state index contributed by atoms with van der Waals surface area (Å²) in [6, 6.07) is 11.9. The summed E-state index contributed by atoms with van der Waals surface area (Å²) in [6.45, 7) is 2.14. The van der Waals surface area contributed by atoms with Gasteiger partial charge in [0.25, 0.3) is 0 Å². The molecule has 84 valence electrons. The highest BCUT2D eigenvalue weighted by Gasteiger charge is 1.90. The molecule has 0 aliphatic carbocycles. The highest BCUT2D eigenvalue weighted by Crippen LogP contribution is 2.06. The Morgan fingerprint density at radius 2 is 1.65 bits per heavy atom. The second kappa shape index (κ2) is 5.52. The summed E-state index contributed by atoms with van der Waals surface area (Å²) in [7, 11) is 0. The quantitative estimate of drug-likeness (QED) is 0.548. The van der Waals surface area contributed by atoms with Crippen LogP contribution in [0.4, 0.5) is 0 Å². The fourth-order valence-corrected chi connectivity index (χ4v) is 1.53. The van der Waals surface area contributed by atoms with Gasteiger partial charge in [0.2, 0.25) is 0 Å². The molecule has 1 aromatic carbocycles.